The highest BCUT2D eigenvalue weighted by Gasteiger charge is 2.14. The van der Waals surface area contributed by atoms with Gasteiger partial charge in [-0.1, -0.05) is 24.3 Å². The Bertz CT molecular complexity index is 769. The molecule has 1 aromatic carbocycles. The summed E-state index contributed by atoms with van der Waals surface area (Å²) in [6.07, 6.45) is 1.96. The number of benzene rings is 1. The number of fused-ring (bicyclic) bond motifs is 1. The topological polar surface area (TPSA) is 43.3 Å². The number of hydrogen-bond donors (Lipinski definition) is 1. The Hall–Kier alpha value is -2.29. The zero-order chi connectivity index (χ0) is 13.6. The number of nitrogens with two attached hydrogens (primary N) is 1. The fraction of sp³-hybridized carbons (Fsp3) is 0.188. The van der Waals surface area contributed by atoms with Crippen LogP contribution in [0.5, 0.6) is 0 Å². The normalized spacial score (nSPS) is 11.1. The summed E-state index contributed by atoms with van der Waals surface area (Å²) in [6.45, 7) is 6.27. The monoisotopic (exact) mass is 251 g/mol. The number of nitrogen functional groups attached to an aromatic ring is 1. The SMILES string of the molecule is Cc1cccc(-c2nc3c(C)cccn3c2N)c1C. The first-order valence-electron chi connectivity index (χ1n) is 6.39. The van der Waals surface area contributed by atoms with Gasteiger partial charge >= 0.3 is 0 Å². The van der Waals surface area contributed by atoms with Gasteiger partial charge in [-0.15, -0.1) is 0 Å². The summed E-state index contributed by atoms with van der Waals surface area (Å²) in [5, 5.41) is 0. The lowest BCUT2D eigenvalue weighted by Gasteiger charge is -2.06. The van der Waals surface area contributed by atoms with Crippen molar-refractivity contribution in [3.8, 4) is 11.3 Å². The van der Waals surface area contributed by atoms with Crippen molar-refractivity contribution < 1.29 is 0 Å². The molecule has 0 radical (unpaired) electrons. The number of anilines is 1. The standard InChI is InChI=1S/C16H17N3/c1-10-6-4-8-13(12(10)3)14-15(17)19-9-5-7-11(2)16(19)18-14/h4-9H,17H2,1-3H3. The molecule has 0 aliphatic carbocycles. The van der Waals surface area contributed by atoms with Gasteiger partial charge in [0.15, 0.2) is 0 Å². The van der Waals surface area contributed by atoms with E-state index in [-0.39, 0.29) is 0 Å². The van der Waals surface area contributed by atoms with Gasteiger partial charge in [0.2, 0.25) is 0 Å². The van der Waals surface area contributed by atoms with E-state index in [9.17, 15) is 0 Å². The minimum absolute atomic E-state index is 0.701. The van der Waals surface area contributed by atoms with Crippen LogP contribution in [-0.2, 0) is 0 Å². The van der Waals surface area contributed by atoms with Crippen LogP contribution in [0.1, 0.15) is 16.7 Å². The zero-order valence-corrected chi connectivity index (χ0v) is 11.4. The summed E-state index contributed by atoms with van der Waals surface area (Å²) in [6, 6.07) is 10.3. The molecule has 3 heteroatoms. The highest BCUT2D eigenvalue weighted by molar-refractivity contribution is 5.78. The van der Waals surface area contributed by atoms with E-state index < -0.39 is 0 Å². The molecule has 0 amide bonds. The number of aromatic nitrogens is 2. The summed E-state index contributed by atoms with van der Waals surface area (Å²) in [5.74, 6) is 0.701. The van der Waals surface area contributed by atoms with Gasteiger partial charge in [-0.05, 0) is 43.5 Å². The minimum atomic E-state index is 0.701. The molecule has 0 aliphatic heterocycles. The quantitative estimate of drug-likeness (QED) is 0.719. The molecule has 0 spiro atoms. The number of hydrogen-bond acceptors (Lipinski definition) is 2. The Kier molecular flexibility index (Phi) is 2.56. The van der Waals surface area contributed by atoms with Crippen molar-refractivity contribution >= 4 is 11.5 Å². The molecule has 0 atom stereocenters. The number of nitrogens with zero attached hydrogens (tertiary/aromatic N) is 2. The number of rotatable bonds is 1. The van der Waals surface area contributed by atoms with Gasteiger partial charge in [0.25, 0.3) is 0 Å². The molecule has 96 valence electrons. The van der Waals surface area contributed by atoms with Crippen molar-refractivity contribution in [1.29, 1.82) is 0 Å². The molecule has 19 heavy (non-hydrogen) atoms. The fourth-order valence-corrected chi connectivity index (χ4v) is 2.43. The number of aryl methyl sites for hydroxylation is 2. The third-order valence-corrected chi connectivity index (χ3v) is 3.74. The first-order chi connectivity index (χ1) is 9.09. The largest absolute Gasteiger partial charge is 0.383 e. The van der Waals surface area contributed by atoms with E-state index in [2.05, 4.69) is 39.0 Å². The molecule has 0 bridgehead atoms. The van der Waals surface area contributed by atoms with E-state index in [4.69, 9.17) is 10.7 Å². The lowest BCUT2D eigenvalue weighted by molar-refractivity contribution is 1.17. The summed E-state index contributed by atoms with van der Waals surface area (Å²) in [4.78, 5) is 4.72. The fourth-order valence-electron chi connectivity index (χ4n) is 2.43. The minimum Gasteiger partial charge on any atom is -0.383 e. The van der Waals surface area contributed by atoms with Crippen LogP contribution < -0.4 is 5.73 Å². The van der Waals surface area contributed by atoms with Gasteiger partial charge in [-0.3, -0.25) is 4.40 Å². The van der Waals surface area contributed by atoms with Crippen molar-refractivity contribution in [3.05, 3.63) is 53.2 Å². The molecular formula is C16H17N3. The van der Waals surface area contributed by atoms with E-state index >= 15 is 0 Å². The first kappa shape index (κ1) is 11.8. The molecule has 3 aromatic rings. The predicted octanol–water partition coefficient (Wildman–Crippen LogP) is 3.51. The highest BCUT2D eigenvalue weighted by atomic mass is 15.1. The summed E-state index contributed by atoms with van der Waals surface area (Å²) < 4.78 is 1.95. The van der Waals surface area contributed by atoms with Crippen molar-refractivity contribution in [2.45, 2.75) is 20.8 Å². The van der Waals surface area contributed by atoms with Crippen LogP contribution in [-0.4, -0.2) is 9.38 Å². The van der Waals surface area contributed by atoms with E-state index in [1.54, 1.807) is 0 Å². The maximum atomic E-state index is 6.26. The smallest absolute Gasteiger partial charge is 0.142 e. The van der Waals surface area contributed by atoms with Crippen LogP contribution >= 0.6 is 0 Å². The van der Waals surface area contributed by atoms with Crippen molar-refractivity contribution in [3.63, 3.8) is 0 Å². The Morgan fingerprint density at radius 3 is 2.47 bits per heavy atom. The summed E-state index contributed by atoms with van der Waals surface area (Å²) in [5.41, 5.74) is 12.8. The van der Waals surface area contributed by atoms with Crippen LogP contribution in [0.15, 0.2) is 36.5 Å². The molecular weight excluding hydrogens is 234 g/mol. The van der Waals surface area contributed by atoms with Crippen LogP contribution in [0.3, 0.4) is 0 Å². The molecule has 0 saturated carbocycles. The van der Waals surface area contributed by atoms with E-state index in [1.807, 2.05) is 22.7 Å². The third kappa shape index (κ3) is 1.70. The highest BCUT2D eigenvalue weighted by Crippen LogP contribution is 2.30. The number of pyridine rings is 1. The predicted molar refractivity (Wildman–Crippen MR) is 79.3 cm³/mol. The van der Waals surface area contributed by atoms with Crippen molar-refractivity contribution in [2.24, 2.45) is 0 Å². The maximum absolute atomic E-state index is 6.26. The molecule has 0 saturated heterocycles. The summed E-state index contributed by atoms with van der Waals surface area (Å²) in [7, 11) is 0. The van der Waals surface area contributed by atoms with Crippen LogP contribution in [0, 0.1) is 20.8 Å². The maximum Gasteiger partial charge on any atom is 0.142 e. The molecule has 0 fully saturated rings. The molecule has 3 nitrogen and oxygen atoms in total. The van der Waals surface area contributed by atoms with Crippen LogP contribution in [0.2, 0.25) is 0 Å². The number of imidazole rings is 1. The lowest BCUT2D eigenvalue weighted by atomic mass is 10.0. The molecule has 0 aliphatic rings. The van der Waals surface area contributed by atoms with Crippen LogP contribution in [0.4, 0.5) is 5.82 Å². The molecule has 3 rings (SSSR count). The first-order valence-corrected chi connectivity index (χ1v) is 6.39. The van der Waals surface area contributed by atoms with Crippen molar-refractivity contribution in [1.82, 2.24) is 9.38 Å². The average molecular weight is 251 g/mol. The van der Waals surface area contributed by atoms with Gasteiger partial charge in [-0.2, -0.15) is 0 Å². The third-order valence-electron chi connectivity index (χ3n) is 3.74. The second kappa shape index (κ2) is 4.12. The Balaban J connectivity index is 2.35. The van der Waals surface area contributed by atoms with Gasteiger partial charge in [-0.25, -0.2) is 4.98 Å². The molecule has 0 unspecified atom stereocenters. The second-order valence-electron chi connectivity index (χ2n) is 4.98. The van der Waals surface area contributed by atoms with Crippen LogP contribution in [0.25, 0.3) is 16.9 Å². The van der Waals surface area contributed by atoms with E-state index in [0.29, 0.717) is 5.82 Å². The molecule has 2 aromatic heterocycles. The molecule has 2 heterocycles. The summed E-state index contributed by atoms with van der Waals surface area (Å²) >= 11 is 0. The molecule has 2 N–H and O–H groups in total. The van der Waals surface area contributed by atoms with E-state index in [1.165, 1.54) is 11.1 Å². The Morgan fingerprint density at radius 2 is 1.74 bits per heavy atom. The van der Waals surface area contributed by atoms with Gasteiger partial charge in [0.1, 0.15) is 17.2 Å². The second-order valence-corrected chi connectivity index (χ2v) is 4.98. The lowest BCUT2D eigenvalue weighted by Crippen LogP contribution is -1.95. The van der Waals surface area contributed by atoms with Gasteiger partial charge in [0.05, 0.1) is 0 Å². The van der Waals surface area contributed by atoms with Gasteiger partial charge in [0, 0.05) is 11.8 Å². The van der Waals surface area contributed by atoms with E-state index in [0.717, 1.165) is 22.5 Å². The van der Waals surface area contributed by atoms with Crippen molar-refractivity contribution in [2.75, 3.05) is 5.73 Å². The zero-order valence-electron chi connectivity index (χ0n) is 11.4. The Labute approximate surface area is 112 Å². The Morgan fingerprint density at radius 1 is 1.00 bits per heavy atom. The van der Waals surface area contributed by atoms with Gasteiger partial charge < -0.3 is 5.73 Å². The average Bonchev–Trinajstić information content (AvgIpc) is 2.72.